The van der Waals surface area contributed by atoms with Crippen molar-refractivity contribution in [2.75, 3.05) is 0 Å². The monoisotopic (exact) mass is 333 g/mol. The lowest BCUT2D eigenvalue weighted by Gasteiger charge is -2.15. The summed E-state index contributed by atoms with van der Waals surface area (Å²) in [5, 5.41) is 0. The van der Waals surface area contributed by atoms with Crippen LogP contribution in [0.1, 0.15) is 24.5 Å². The van der Waals surface area contributed by atoms with Crippen LogP contribution in [0.3, 0.4) is 0 Å². The van der Waals surface area contributed by atoms with Crippen LogP contribution in [-0.4, -0.2) is 6.04 Å². The molecule has 2 nitrogen and oxygen atoms in total. The molecule has 0 aromatic heterocycles. The highest BCUT2D eigenvalue weighted by Crippen LogP contribution is 2.28. The first kappa shape index (κ1) is 15.1. The molecule has 0 amide bonds. The Balaban J connectivity index is 2.23. The van der Waals surface area contributed by atoms with Gasteiger partial charge in [0.15, 0.2) is 0 Å². The van der Waals surface area contributed by atoms with E-state index in [-0.39, 0.29) is 6.04 Å². The molecule has 0 fully saturated rings. The van der Waals surface area contributed by atoms with E-state index >= 15 is 0 Å². The van der Waals surface area contributed by atoms with Gasteiger partial charge in [0.1, 0.15) is 11.5 Å². The van der Waals surface area contributed by atoms with Gasteiger partial charge in [-0.2, -0.15) is 0 Å². The van der Waals surface area contributed by atoms with Gasteiger partial charge in [0.25, 0.3) is 0 Å². The lowest BCUT2D eigenvalue weighted by molar-refractivity contribution is 0.472. The van der Waals surface area contributed by atoms with Gasteiger partial charge in [0.2, 0.25) is 0 Å². The van der Waals surface area contributed by atoms with Crippen molar-refractivity contribution in [1.82, 2.24) is 0 Å². The second-order valence-corrected chi connectivity index (χ2v) is 5.96. The molecule has 0 saturated heterocycles. The molecule has 0 aliphatic heterocycles. The van der Waals surface area contributed by atoms with Crippen LogP contribution in [0.15, 0.2) is 46.9 Å². The quantitative estimate of drug-likeness (QED) is 0.850. The second-order valence-electron chi connectivity index (χ2n) is 5.04. The lowest BCUT2D eigenvalue weighted by atomic mass is 10.0. The molecule has 0 spiro atoms. The fourth-order valence-electron chi connectivity index (χ4n) is 2.02. The van der Waals surface area contributed by atoms with E-state index < -0.39 is 0 Å². The smallest absolute Gasteiger partial charge is 0.130 e. The first-order valence-electron chi connectivity index (χ1n) is 6.87. The van der Waals surface area contributed by atoms with Gasteiger partial charge >= 0.3 is 0 Å². The SMILES string of the molecule is CCC(N)Cc1cc(C)ccc1Oc1ccc(Br)cc1. The highest BCUT2D eigenvalue weighted by atomic mass is 79.9. The third-order valence-corrected chi connectivity index (χ3v) is 3.79. The van der Waals surface area contributed by atoms with Crippen LogP contribution in [0.5, 0.6) is 11.5 Å². The van der Waals surface area contributed by atoms with E-state index in [2.05, 4.69) is 41.9 Å². The van der Waals surface area contributed by atoms with E-state index in [1.165, 1.54) is 11.1 Å². The Kier molecular flexibility index (Phi) is 5.21. The predicted octanol–water partition coefficient (Wildman–Crippen LogP) is 4.83. The fraction of sp³-hybridized carbons (Fsp3) is 0.294. The summed E-state index contributed by atoms with van der Waals surface area (Å²) < 4.78 is 7.03. The van der Waals surface area contributed by atoms with Crippen molar-refractivity contribution in [2.24, 2.45) is 5.73 Å². The van der Waals surface area contributed by atoms with E-state index in [4.69, 9.17) is 10.5 Å². The number of hydrogen-bond acceptors (Lipinski definition) is 2. The molecule has 0 bridgehead atoms. The average Bonchev–Trinajstić information content (AvgIpc) is 2.44. The Labute approximate surface area is 129 Å². The minimum absolute atomic E-state index is 0.170. The molecule has 20 heavy (non-hydrogen) atoms. The van der Waals surface area contributed by atoms with Crippen LogP contribution >= 0.6 is 15.9 Å². The Morgan fingerprint density at radius 1 is 1.15 bits per heavy atom. The zero-order valence-electron chi connectivity index (χ0n) is 11.9. The molecule has 2 rings (SSSR count). The maximum atomic E-state index is 6.08. The van der Waals surface area contributed by atoms with Gasteiger partial charge in [0.05, 0.1) is 0 Å². The third kappa shape index (κ3) is 4.09. The summed E-state index contributed by atoms with van der Waals surface area (Å²) in [6.45, 7) is 4.19. The van der Waals surface area contributed by atoms with Crippen molar-refractivity contribution in [3.63, 3.8) is 0 Å². The third-order valence-electron chi connectivity index (χ3n) is 3.26. The summed E-state index contributed by atoms with van der Waals surface area (Å²) in [5.74, 6) is 1.73. The molecular formula is C17H20BrNO. The average molecular weight is 334 g/mol. The summed E-state index contributed by atoms with van der Waals surface area (Å²) >= 11 is 3.42. The van der Waals surface area contributed by atoms with Gasteiger partial charge < -0.3 is 10.5 Å². The molecule has 2 aromatic carbocycles. The molecule has 1 atom stereocenters. The maximum absolute atomic E-state index is 6.08. The summed E-state index contributed by atoms with van der Waals surface area (Å²) in [4.78, 5) is 0. The number of rotatable bonds is 5. The zero-order chi connectivity index (χ0) is 14.5. The number of hydrogen-bond donors (Lipinski definition) is 1. The Bertz CT molecular complexity index is 566. The fourth-order valence-corrected chi connectivity index (χ4v) is 2.29. The summed E-state index contributed by atoms with van der Waals surface area (Å²) in [7, 11) is 0. The van der Waals surface area contributed by atoms with Crippen LogP contribution in [0.4, 0.5) is 0 Å². The molecule has 106 valence electrons. The van der Waals surface area contributed by atoms with Crippen LogP contribution < -0.4 is 10.5 Å². The molecule has 2 N–H and O–H groups in total. The van der Waals surface area contributed by atoms with E-state index in [9.17, 15) is 0 Å². The van der Waals surface area contributed by atoms with Crippen LogP contribution in [0.2, 0.25) is 0 Å². The molecule has 2 aromatic rings. The van der Waals surface area contributed by atoms with Gasteiger partial charge in [-0.05, 0) is 55.7 Å². The number of ether oxygens (including phenoxy) is 1. The molecule has 1 unspecified atom stereocenters. The van der Waals surface area contributed by atoms with Crippen molar-refractivity contribution >= 4 is 15.9 Å². The summed E-state index contributed by atoms with van der Waals surface area (Å²) in [6, 6.07) is 14.3. The van der Waals surface area contributed by atoms with Gasteiger partial charge in [-0.15, -0.1) is 0 Å². The summed E-state index contributed by atoms with van der Waals surface area (Å²) in [5.41, 5.74) is 8.47. The van der Waals surface area contributed by atoms with Gasteiger partial charge in [-0.1, -0.05) is 40.5 Å². The van der Waals surface area contributed by atoms with Gasteiger partial charge in [-0.25, -0.2) is 0 Å². The largest absolute Gasteiger partial charge is 0.457 e. The van der Waals surface area contributed by atoms with Crippen LogP contribution in [0, 0.1) is 6.92 Å². The molecule has 3 heteroatoms. The van der Waals surface area contributed by atoms with Crippen molar-refractivity contribution in [1.29, 1.82) is 0 Å². The maximum Gasteiger partial charge on any atom is 0.130 e. The number of aryl methyl sites for hydroxylation is 1. The molecule has 0 radical (unpaired) electrons. The van der Waals surface area contributed by atoms with E-state index in [1.807, 2.05) is 30.3 Å². The summed E-state index contributed by atoms with van der Waals surface area (Å²) in [6.07, 6.45) is 1.80. The van der Waals surface area contributed by atoms with E-state index in [1.54, 1.807) is 0 Å². The molecule has 0 heterocycles. The van der Waals surface area contributed by atoms with Crippen molar-refractivity contribution in [3.05, 3.63) is 58.1 Å². The molecule has 0 saturated carbocycles. The predicted molar refractivity (Wildman–Crippen MR) is 87.4 cm³/mol. The van der Waals surface area contributed by atoms with E-state index in [0.717, 1.165) is 28.8 Å². The number of halogens is 1. The number of nitrogens with two attached hydrogens (primary N) is 1. The van der Waals surface area contributed by atoms with Crippen molar-refractivity contribution < 1.29 is 4.74 Å². The first-order chi connectivity index (χ1) is 9.58. The van der Waals surface area contributed by atoms with Crippen LogP contribution in [-0.2, 0) is 6.42 Å². The first-order valence-corrected chi connectivity index (χ1v) is 7.66. The van der Waals surface area contributed by atoms with Crippen molar-refractivity contribution in [2.45, 2.75) is 32.7 Å². The standard InChI is InChI=1S/C17H20BrNO/c1-3-15(19)11-13-10-12(2)4-9-17(13)20-16-7-5-14(18)6-8-16/h4-10,15H,3,11,19H2,1-2H3. The Morgan fingerprint density at radius 3 is 2.50 bits per heavy atom. The van der Waals surface area contributed by atoms with Gasteiger partial charge in [0, 0.05) is 10.5 Å². The van der Waals surface area contributed by atoms with Gasteiger partial charge in [-0.3, -0.25) is 0 Å². The van der Waals surface area contributed by atoms with E-state index in [0.29, 0.717) is 0 Å². The molecule has 0 aliphatic carbocycles. The molecular weight excluding hydrogens is 314 g/mol. The molecule has 0 aliphatic rings. The normalized spacial score (nSPS) is 12.2. The second kappa shape index (κ2) is 6.91. The Hall–Kier alpha value is -1.32. The number of benzene rings is 2. The van der Waals surface area contributed by atoms with Crippen LogP contribution in [0.25, 0.3) is 0 Å². The van der Waals surface area contributed by atoms with Crippen molar-refractivity contribution in [3.8, 4) is 11.5 Å². The minimum atomic E-state index is 0.170. The highest BCUT2D eigenvalue weighted by Gasteiger charge is 2.09. The minimum Gasteiger partial charge on any atom is -0.457 e. The highest BCUT2D eigenvalue weighted by molar-refractivity contribution is 9.10. The topological polar surface area (TPSA) is 35.2 Å². The lowest BCUT2D eigenvalue weighted by Crippen LogP contribution is -2.21. The Morgan fingerprint density at radius 2 is 1.85 bits per heavy atom. The zero-order valence-corrected chi connectivity index (χ0v) is 13.5.